The first-order valence-electron chi connectivity index (χ1n) is 15.5. The molecule has 0 N–H and O–H groups in total. The monoisotopic (exact) mass is 634 g/mol. The molecule has 0 unspecified atom stereocenters. The molecule has 0 saturated carbocycles. The Morgan fingerprint density at radius 3 is 1.21 bits per heavy atom. The Labute approximate surface area is 259 Å². The third-order valence-electron chi connectivity index (χ3n) is 8.44. The van der Waals surface area contributed by atoms with Gasteiger partial charge in [-0.05, 0) is 25.0 Å². The van der Waals surface area contributed by atoms with E-state index in [1.165, 1.54) is 20.7 Å². The van der Waals surface area contributed by atoms with Crippen LogP contribution in [0, 0.1) is 0 Å². The first kappa shape index (κ1) is 34.0. The molecule has 226 valence electrons. The second-order valence-corrected chi connectivity index (χ2v) is 29.0. The van der Waals surface area contributed by atoms with Crippen molar-refractivity contribution in [3.63, 3.8) is 0 Å². The standard InChI is InChI=1S/C34H50O4Si4/c1-39(2)27-15-19-29(20-16-27)41(5,6)25-11-23-37-33(35)31-13-9-10-14-32(31)34(36)38-24-12-26-42(7,8)30-21-17-28(18-22-30)40(3)4/h9-10,13-22,39-40H,11-12,23-26H2,1-8H3. The van der Waals surface area contributed by atoms with E-state index in [1.54, 1.807) is 24.3 Å². The van der Waals surface area contributed by atoms with Gasteiger partial charge in [-0.3, -0.25) is 0 Å². The van der Waals surface area contributed by atoms with E-state index < -0.39 is 45.7 Å². The summed E-state index contributed by atoms with van der Waals surface area (Å²) in [6.45, 7) is 19.6. The molecule has 0 radical (unpaired) electrons. The normalized spacial score (nSPS) is 12.0. The van der Waals surface area contributed by atoms with Gasteiger partial charge >= 0.3 is 11.9 Å². The highest BCUT2D eigenvalue weighted by molar-refractivity contribution is 6.90. The SMILES string of the molecule is C[SiH](C)c1ccc([Si](C)(C)CCCOC(=O)c2ccccc2C(=O)OCCC[Si](C)(C)c2ccc([SiH](C)C)cc2)cc1. The molecule has 0 amide bonds. The van der Waals surface area contributed by atoms with Crippen LogP contribution in [-0.2, 0) is 9.47 Å². The van der Waals surface area contributed by atoms with Crippen molar-refractivity contribution < 1.29 is 19.1 Å². The van der Waals surface area contributed by atoms with E-state index in [1.807, 2.05) is 0 Å². The fourth-order valence-electron chi connectivity index (χ4n) is 5.28. The van der Waals surface area contributed by atoms with Gasteiger partial charge in [-0.1, -0.05) is 146 Å². The van der Waals surface area contributed by atoms with Gasteiger partial charge in [-0.15, -0.1) is 0 Å². The van der Waals surface area contributed by atoms with Crippen molar-refractivity contribution in [2.75, 3.05) is 13.2 Å². The van der Waals surface area contributed by atoms with E-state index in [9.17, 15) is 9.59 Å². The van der Waals surface area contributed by atoms with E-state index >= 15 is 0 Å². The molecule has 3 aromatic carbocycles. The number of benzene rings is 3. The average Bonchev–Trinajstić information content (AvgIpc) is 2.97. The maximum Gasteiger partial charge on any atom is 0.339 e. The summed E-state index contributed by atoms with van der Waals surface area (Å²) in [4.78, 5) is 25.9. The van der Waals surface area contributed by atoms with Gasteiger partial charge in [0.05, 0.1) is 58.1 Å². The van der Waals surface area contributed by atoms with E-state index in [-0.39, 0.29) is 11.1 Å². The van der Waals surface area contributed by atoms with Crippen LogP contribution in [0.15, 0.2) is 72.8 Å². The Bertz CT molecular complexity index is 1210. The Kier molecular flexibility index (Phi) is 12.3. The van der Waals surface area contributed by atoms with E-state index in [0.29, 0.717) is 13.2 Å². The van der Waals surface area contributed by atoms with Crippen molar-refractivity contribution in [2.45, 2.75) is 77.3 Å². The number of rotatable bonds is 14. The first-order chi connectivity index (χ1) is 19.8. The summed E-state index contributed by atoms with van der Waals surface area (Å²) in [5.41, 5.74) is 0.548. The van der Waals surface area contributed by atoms with Crippen molar-refractivity contribution in [1.29, 1.82) is 0 Å². The lowest BCUT2D eigenvalue weighted by Gasteiger charge is -2.23. The van der Waals surface area contributed by atoms with Crippen LogP contribution in [0.5, 0.6) is 0 Å². The van der Waals surface area contributed by atoms with Gasteiger partial charge in [0, 0.05) is 0 Å². The summed E-state index contributed by atoms with van der Waals surface area (Å²) in [5, 5.41) is 5.87. The van der Waals surface area contributed by atoms with Crippen molar-refractivity contribution >= 4 is 66.4 Å². The Morgan fingerprint density at radius 1 is 0.571 bits per heavy atom. The summed E-state index contributed by atoms with van der Waals surface area (Å²) < 4.78 is 11.3. The first-order valence-corrected chi connectivity index (χ1v) is 27.6. The molecule has 4 nitrogen and oxygen atoms in total. The van der Waals surface area contributed by atoms with Crippen LogP contribution in [0.1, 0.15) is 33.6 Å². The highest BCUT2D eigenvalue weighted by atomic mass is 28.3. The number of carbonyl (C=O) groups is 2. The molecule has 42 heavy (non-hydrogen) atoms. The van der Waals surface area contributed by atoms with Gasteiger partial charge in [-0.2, -0.15) is 0 Å². The minimum Gasteiger partial charge on any atom is -0.462 e. The topological polar surface area (TPSA) is 52.6 Å². The molecule has 0 fully saturated rings. The molecule has 0 bridgehead atoms. The highest BCUT2D eigenvalue weighted by Crippen LogP contribution is 2.17. The van der Waals surface area contributed by atoms with Gasteiger partial charge in [0.2, 0.25) is 0 Å². The third-order valence-corrected chi connectivity index (χ3v) is 18.9. The number of hydrogen-bond acceptors (Lipinski definition) is 4. The van der Waals surface area contributed by atoms with Crippen molar-refractivity contribution in [3.8, 4) is 0 Å². The summed E-state index contributed by atoms with van der Waals surface area (Å²) in [7, 11) is -4.83. The number of hydrogen-bond donors (Lipinski definition) is 0. The molecule has 0 aliphatic carbocycles. The Hall–Kier alpha value is -2.53. The second-order valence-electron chi connectivity index (χ2n) is 13.3. The molecular weight excluding hydrogens is 585 g/mol. The molecule has 8 heteroatoms. The smallest absolute Gasteiger partial charge is 0.339 e. The van der Waals surface area contributed by atoms with Crippen LogP contribution in [-0.4, -0.2) is 58.9 Å². The zero-order valence-electron chi connectivity index (χ0n) is 27.0. The van der Waals surface area contributed by atoms with Crippen molar-refractivity contribution in [3.05, 3.63) is 83.9 Å². The summed E-state index contributed by atoms with van der Waals surface area (Å²) >= 11 is 0. The lowest BCUT2D eigenvalue weighted by molar-refractivity contribution is 0.0457. The van der Waals surface area contributed by atoms with Crippen LogP contribution in [0.25, 0.3) is 0 Å². The molecule has 0 heterocycles. The quantitative estimate of drug-likeness (QED) is 0.135. The number of carbonyl (C=O) groups excluding carboxylic acids is 2. The minimum absolute atomic E-state index is 0.274. The van der Waals surface area contributed by atoms with Gasteiger partial charge in [-0.25, -0.2) is 9.59 Å². The van der Waals surface area contributed by atoms with Crippen LogP contribution >= 0.6 is 0 Å². The summed E-state index contributed by atoms with van der Waals surface area (Å²) in [6, 6.07) is 27.3. The van der Waals surface area contributed by atoms with Crippen LogP contribution < -0.4 is 20.7 Å². The Balaban J connectivity index is 1.48. The van der Waals surface area contributed by atoms with Gasteiger partial charge < -0.3 is 9.47 Å². The van der Waals surface area contributed by atoms with Gasteiger partial charge in [0.15, 0.2) is 0 Å². The molecular formula is C34H50O4Si4. The molecule has 3 rings (SSSR count). The van der Waals surface area contributed by atoms with Gasteiger partial charge in [0.1, 0.15) is 0 Å². The predicted octanol–water partition coefficient (Wildman–Crippen LogP) is 5.40. The van der Waals surface area contributed by atoms with E-state index in [4.69, 9.17) is 9.47 Å². The largest absolute Gasteiger partial charge is 0.462 e. The summed E-state index contributed by atoms with van der Waals surface area (Å²) in [5.74, 6) is -0.926. The summed E-state index contributed by atoms with van der Waals surface area (Å²) in [6.07, 6.45) is 1.61. The molecule has 3 aromatic rings. The Morgan fingerprint density at radius 2 is 0.905 bits per heavy atom. The average molecular weight is 635 g/mol. The molecule has 0 aliphatic rings. The van der Waals surface area contributed by atoms with Crippen molar-refractivity contribution in [2.24, 2.45) is 0 Å². The molecule has 0 aromatic heterocycles. The zero-order valence-corrected chi connectivity index (χ0v) is 31.3. The molecule has 0 atom stereocenters. The predicted molar refractivity (Wildman–Crippen MR) is 190 cm³/mol. The van der Waals surface area contributed by atoms with E-state index in [2.05, 4.69) is 101 Å². The van der Waals surface area contributed by atoms with Crippen molar-refractivity contribution in [1.82, 2.24) is 0 Å². The van der Waals surface area contributed by atoms with Gasteiger partial charge in [0.25, 0.3) is 0 Å². The molecule has 0 spiro atoms. The lowest BCUT2D eigenvalue weighted by atomic mass is 10.1. The highest BCUT2D eigenvalue weighted by Gasteiger charge is 2.25. The second kappa shape index (κ2) is 15.3. The molecule has 0 saturated heterocycles. The fourth-order valence-corrected chi connectivity index (χ4v) is 12.0. The van der Waals surface area contributed by atoms with Crippen LogP contribution in [0.4, 0.5) is 0 Å². The zero-order chi connectivity index (χ0) is 30.9. The third kappa shape index (κ3) is 9.49. The fraction of sp³-hybridized carbons (Fsp3) is 0.412. The number of esters is 2. The van der Waals surface area contributed by atoms with Crippen LogP contribution in [0.3, 0.4) is 0 Å². The number of ether oxygens (including phenoxy) is 2. The lowest BCUT2D eigenvalue weighted by Crippen LogP contribution is -2.42. The maximum absolute atomic E-state index is 12.9. The molecule has 0 aliphatic heterocycles. The van der Waals surface area contributed by atoms with Crippen LogP contribution in [0.2, 0.25) is 64.5 Å². The maximum atomic E-state index is 12.9. The van der Waals surface area contributed by atoms with E-state index in [0.717, 1.165) is 24.9 Å². The minimum atomic E-state index is -1.62.